The molecule has 0 N–H and O–H groups in total. The minimum Gasteiger partial charge on any atom is -0.0853 e. The van der Waals surface area contributed by atoms with Gasteiger partial charge in [-0.05, 0) is 150 Å². The molecule has 0 heterocycles. The summed E-state index contributed by atoms with van der Waals surface area (Å²) in [5, 5.41) is 0. The van der Waals surface area contributed by atoms with Gasteiger partial charge < -0.3 is 0 Å². The number of rotatable bonds is 4. The number of hydrogen-bond acceptors (Lipinski definition) is 0. The summed E-state index contributed by atoms with van der Waals surface area (Å²) < 4.78 is 0. The Labute approximate surface area is 279 Å². The molecule has 0 radical (unpaired) electrons. The number of allylic oxidation sites excluding steroid dienone is 8. The van der Waals surface area contributed by atoms with Crippen molar-refractivity contribution in [3.63, 3.8) is 0 Å². The highest BCUT2D eigenvalue weighted by molar-refractivity contribution is 5.07. The molecule has 4 aliphatic carbocycles. The molecule has 0 aromatic rings. The van der Waals surface area contributed by atoms with Gasteiger partial charge in [-0.15, -0.1) is 0 Å². The van der Waals surface area contributed by atoms with Crippen molar-refractivity contribution in [2.45, 2.75) is 162 Å². The van der Waals surface area contributed by atoms with E-state index in [1.165, 1.54) is 51.4 Å². The highest BCUT2D eigenvalue weighted by Crippen LogP contribution is 2.36. The van der Waals surface area contributed by atoms with Crippen LogP contribution in [0.4, 0.5) is 0 Å². The Balaban J connectivity index is 0.000000293. The summed E-state index contributed by atoms with van der Waals surface area (Å²) in [5.41, 5.74) is 6.37. The maximum atomic E-state index is 2.42. The van der Waals surface area contributed by atoms with Gasteiger partial charge in [-0.2, -0.15) is 0 Å². The first-order chi connectivity index (χ1) is 20.4. The van der Waals surface area contributed by atoms with E-state index in [1.807, 2.05) is 0 Å². The average molecular weight is 609 g/mol. The molecule has 0 heteroatoms. The Kier molecular flexibility index (Phi) is 18.9. The molecule has 0 amide bonds. The second kappa shape index (κ2) is 20.3. The van der Waals surface area contributed by atoms with Crippen LogP contribution in [-0.2, 0) is 0 Å². The van der Waals surface area contributed by atoms with E-state index in [1.54, 1.807) is 22.3 Å². The minimum absolute atomic E-state index is 0.856. The van der Waals surface area contributed by atoms with Crippen LogP contribution in [0.3, 0.4) is 0 Å². The molecule has 0 nitrogen and oxygen atoms in total. The second-order valence-corrected chi connectivity index (χ2v) is 17.5. The summed E-state index contributed by atoms with van der Waals surface area (Å²) in [7, 11) is 0. The molecule has 8 atom stereocenters. The first-order valence-electron chi connectivity index (χ1n) is 19.1. The Hall–Kier alpha value is -1.04. The lowest BCUT2D eigenvalue weighted by Crippen LogP contribution is -2.20. The standard InChI is InChI=1S/4C11H20/c4*1-8(2)11-6-5-9(3)7-10(11)4/h4*5,8,10-11H,6-7H2,1-4H3/t10-,11+;3*10-,11-/m0110/s1. The molecule has 0 saturated carbocycles. The molecule has 44 heavy (non-hydrogen) atoms. The van der Waals surface area contributed by atoms with Gasteiger partial charge in [0.1, 0.15) is 0 Å². The molecule has 0 bridgehead atoms. The molecule has 0 spiro atoms. The Bertz CT molecular complexity index is 766. The van der Waals surface area contributed by atoms with E-state index in [0.29, 0.717) is 0 Å². The molecule has 0 fully saturated rings. The summed E-state index contributed by atoms with van der Waals surface area (Å²) in [6.45, 7) is 37.3. The summed E-state index contributed by atoms with van der Waals surface area (Å²) in [6.07, 6.45) is 20.2. The van der Waals surface area contributed by atoms with Crippen LogP contribution >= 0.6 is 0 Å². The maximum Gasteiger partial charge on any atom is -0.0294 e. The van der Waals surface area contributed by atoms with Crippen molar-refractivity contribution >= 4 is 0 Å². The van der Waals surface area contributed by atoms with E-state index >= 15 is 0 Å². The van der Waals surface area contributed by atoms with Gasteiger partial charge in [0, 0.05) is 0 Å². The van der Waals surface area contributed by atoms with Crippen molar-refractivity contribution in [3.05, 3.63) is 46.6 Å². The molecular weight excluding hydrogens is 528 g/mol. The monoisotopic (exact) mass is 609 g/mol. The highest BCUT2D eigenvalue weighted by Gasteiger charge is 2.25. The number of hydrogen-bond donors (Lipinski definition) is 0. The van der Waals surface area contributed by atoms with Crippen LogP contribution in [0.15, 0.2) is 46.6 Å². The first-order valence-corrected chi connectivity index (χ1v) is 19.1. The lowest BCUT2D eigenvalue weighted by Gasteiger charge is -2.30. The zero-order chi connectivity index (χ0) is 33.7. The summed E-state index contributed by atoms with van der Waals surface area (Å²) in [6, 6.07) is 0. The molecule has 0 aliphatic heterocycles. The minimum atomic E-state index is 0.856. The van der Waals surface area contributed by atoms with Crippen molar-refractivity contribution in [3.8, 4) is 0 Å². The third-order valence-electron chi connectivity index (χ3n) is 11.9. The first kappa shape index (κ1) is 41.0. The fourth-order valence-corrected chi connectivity index (χ4v) is 8.97. The lowest BCUT2D eigenvalue weighted by molar-refractivity contribution is 0.259. The van der Waals surface area contributed by atoms with Crippen LogP contribution in [0.1, 0.15) is 162 Å². The predicted octanol–water partition coefficient (Wildman–Crippen LogP) is 14.5. The summed E-state index contributed by atoms with van der Waals surface area (Å²) >= 11 is 0. The maximum absolute atomic E-state index is 2.42. The molecule has 0 saturated heterocycles. The van der Waals surface area contributed by atoms with Gasteiger partial charge in [-0.3, -0.25) is 0 Å². The van der Waals surface area contributed by atoms with E-state index < -0.39 is 0 Å². The fourth-order valence-electron chi connectivity index (χ4n) is 8.97. The zero-order valence-corrected chi connectivity index (χ0v) is 32.9. The van der Waals surface area contributed by atoms with E-state index in [2.05, 4.69) is 135 Å². The van der Waals surface area contributed by atoms with Crippen molar-refractivity contribution in [1.82, 2.24) is 0 Å². The Morgan fingerprint density at radius 3 is 0.636 bits per heavy atom. The molecule has 256 valence electrons. The summed E-state index contributed by atoms with van der Waals surface area (Å²) in [5.74, 6) is 10.8. The second-order valence-electron chi connectivity index (χ2n) is 17.5. The molecule has 0 aromatic carbocycles. The van der Waals surface area contributed by atoms with Crippen molar-refractivity contribution in [2.75, 3.05) is 0 Å². The van der Waals surface area contributed by atoms with E-state index in [0.717, 1.165) is 71.0 Å². The average Bonchev–Trinajstić information content (AvgIpc) is 2.89. The van der Waals surface area contributed by atoms with E-state index in [9.17, 15) is 0 Å². The van der Waals surface area contributed by atoms with Crippen LogP contribution in [-0.4, -0.2) is 0 Å². The van der Waals surface area contributed by atoms with Gasteiger partial charge in [0.25, 0.3) is 0 Å². The Morgan fingerprint density at radius 2 is 0.523 bits per heavy atom. The SMILES string of the molecule is CC1=CC[C@@H](C(C)C)[C@@H](C)C1.CC1=CC[C@H](C(C)C)[C@@H](C)C1.CC1=CC[C@H](C(C)C)[C@H](C)C1.CC1=CC[C@H](C(C)C)[C@H](C)C1. The van der Waals surface area contributed by atoms with Gasteiger partial charge in [-0.1, -0.05) is 130 Å². The van der Waals surface area contributed by atoms with Crippen molar-refractivity contribution in [1.29, 1.82) is 0 Å². The summed E-state index contributed by atoms with van der Waals surface area (Å²) in [4.78, 5) is 0. The fraction of sp³-hybridized carbons (Fsp3) is 0.818. The van der Waals surface area contributed by atoms with Crippen molar-refractivity contribution in [2.24, 2.45) is 71.0 Å². The predicted molar refractivity (Wildman–Crippen MR) is 202 cm³/mol. The van der Waals surface area contributed by atoms with Gasteiger partial charge in [-0.25, -0.2) is 0 Å². The van der Waals surface area contributed by atoms with Crippen LogP contribution in [0.25, 0.3) is 0 Å². The Morgan fingerprint density at radius 1 is 0.364 bits per heavy atom. The molecule has 0 aromatic heterocycles. The quantitative estimate of drug-likeness (QED) is 0.278. The highest BCUT2D eigenvalue weighted by atomic mass is 14.3. The van der Waals surface area contributed by atoms with Crippen LogP contribution in [0, 0.1) is 71.0 Å². The smallest absolute Gasteiger partial charge is 0.0294 e. The van der Waals surface area contributed by atoms with Gasteiger partial charge in [0.2, 0.25) is 0 Å². The van der Waals surface area contributed by atoms with Crippen LogP contribution < -0.4 is 0 Å². The molecule has 4 rings (SSSR count). The van der Waals surface area contributed by atoms with Crippen molar-refractivity contribution < 1.29 is 0 Å². The van der Waals surface area contributed by atoms with Gasteiger partial charge in [0.15, 0.2) is 0 Å². The van der Waals surface area contributed by atoms with Crippen LogP contribution in [0.2, 0.25) is 0 Å². The molecular formula is C44H80. The topological polar surface area (TPSA) is 0 Å². The third kappa shape index (κ3) is 14.6. The van der Waals surface area contributed by atoms with E-state index in [4.69, 9.17) is 0 Å². The lowest BCUT2D eigenvalue weighted by atomic mass is 9.75. The van der Waals surface area contributed by atoms with Gasteiger partial charge >= 0.3 is 0 Å². The van der Waals surface area contributed by atoms with Crippen LogP contribution in [0.5, 0.6) is 0 Å². The molecule has 4 aliphatic rings. The van der Waals surface area contributed by atoms with E-state index in [-0.39, 0.29) is 0 Å². The molecule has 0 unspecified atom stereocenters. The zero-order valence-electron chi connectivity index (χ0n) is 32.9. The van der Waals surface area contributed by atoms with Gasteiger partial charge in [0.05, 0.1) is 0 Å². The third-order valence-corrected chi connectivity index (χ3v) is 11.9. The largest absolute Gasteiger partial charge is 0.0853 e. The normalized spacial score (nSPS) is 32.3.